The first-order valence-corrected chi connectivity index (χ1v) is 7.03. The Bertz CT molecular complexity index is 489. The number of carbonyl (C=O) groups excluding carboxylic acids is 1. The van der Waals surface area contributed by atoms with E-state index in [0.717, 1.165) is 36.9 Å². The van der Waals surface area contributed by atoms with Crippen molar-refractivity contribution in [3.63, 3.8) is 0 Å². The summed E-state index contributed by atoms with van der Waals surface area (Å²) >= 11 is 4.92. The van der Waals surface area contributed by atoms with E-state index in [2.05, 4.69) is 6.92 Å². The number of carbonyl (C=O) groups is 1. The molecule has 2 N–H and O–H groups in total. The zero-order chi connectivity index (χ0) is 14.0. The Kier molecular flexibility index (Phi) is 3.90. The van der Waals surface area contributed by atoms with Crippen LogP contribution in [0.1, 0.15) is 38.2 Å². The van der Waals surface area contributed by atoms with Crippen molar-refractivity contribution >= 4 is 28.8 Å². The van der Waals surface area contributed by atoms with Crippen LogP contribution >= 0.6 is 12.2 Å². The quantitative estimate of drug-likeness (QED) is 0.864. The highest BCUT2D eigenvalue weighted by atomic mass is 32.1. The van der Waals surface area contributed by atoms with Gasteiger partial charge >= 0.3 is 0 Å². The second-order valence-corrected chi connectivity index (χ2v) is 5.98. The standard InChI is InChI=1S/C15H20N2OS/c1-15(9-3-4-10-15)14(18)17(2)12-7-5-11(6-8-12)13(16)19/h5-8H,3-4,9-10H2,1-2H3,(H2,16,19). The van der Waals surface area contributed by atoms with Gasteiger partial charge in [0.15, 0.2) is 0 Å². The zero-order valence-corrected chi connectivity index (χ0v) is 12.3. The molecule has 3 nitrogen and oxygen atoms in total. The summed E-state index contributed by atoms with van der Waals surface area (Å²) in [6, 6.07) is 7.51. The number of hydrogen-bond donors (Lipinski definition) is 1. The van der Waals surface area contributed by atoms with Gasteiger partial charge in [-0.3, -0.25) is 4.79 Å². The molecule has 1 saturated carbocycles. The second-order valence-electron chi connectivity index (χ2n) is 5.54. The van der Waals surface area contributed by atoms with Gasteiger partial charge in [-0.1, -0.05) is 32.0 Å². The number of nitrogens with zero attached hydrogens (tertiary/aromatic N) is 1. The SMILES string of the molecule is CN(C(=O)C1(C)CCCC1)c1ccc(C(N)=S)cc1. The summed E-state index contributed by atoms with van der Waals surface area (Å²) in [4.78, 5) is 14.7. The van der Waals surface area contributed by atoms with Crippen LogP contribution in [-0.2, 0) is 4.79 Å². The van der Waals surface area contributed by atoms with Crippen molar-refractivity contribution in [2.75, 3.05) is 11.9 Å². The molecule has 0 saturated heterocycles. The van der Waals surface area contributed by atoms with Crippen LogP contribution in [0.3, 0.4) is 0 Å². The van der Waals surface area contributed by atoms with Crippen molar-refractivity contribution in [2.24, 2.45) is 11.1 Å². The molecule has 0 bridgehead atoms. The average molecular weight is 276 g/mol. The highest BCUT2D eigenvalue weighted by molar-refractivity contribution is 7.80. The van der Waals surface area contributed by atoms with Gasteiger partial charge in [0.25, 0.3) is 0 Å². The molecule has 1 amide bonds. The van der Waals surface area contributed by atoms with E-state index in [1.54, 1.807) is 4.90 Å². The van der Waals surface area contributed by atoms with E-state index in [4.69, 9.17) is 18.0 Å². The Balaban J connectivity index is 2.17. The van der Waals surface area contributed by atoms with Crippen molar-refractivity contribution in [3.05, 3.63) is 29.8 Å². The molecule has 1 fully saturated rings. The summed E-state index contributed by atoms with van der Waals surface area (Å²) in [5, 5.41) is 0. The summed E-state index contributed by atoms with van der Waals surface area (Å²) < 4.78 is 0. The topological polar surface area (TPSA) is 46.3 Å². The van der Waals surface area contributed by atoms with Crippen LogP contribution in [0.15, 0.2) is 24.3 Å². The lowest BCUT2D eigenvalue weighted by Crippen LogP contribution is -2.38. The second kappa shape index (κ2) is 5.29. The monoisotopic (exact) mass is 276 g/mol. The molecule has 0 unspecified atom stereocenters. The molecule has 0 spiro atoms. The molecular formula is C15H20N2OS. The Morgan fingerprint density at radius 1 is 1.26 bits per heavy atom. The third kappa shape index (κ3) is 2.78. The van der Waals surface area contributed by atoms with E-state index >= 15 is 0 Å². The molecule has 0 aromatic heterocycles. The molecule has 0 heterocycles. The highest BCUT2D eigenvalue weighted by Crippen LogP contribution is 2.39. The normalized spacial score (nSPS) is 17.2. The van der Waals surface area contributed by atoms with Gasteiger partial charge in [-0.2, -0.15) is 0 Å². The van der Waals surface area contributed by atoms with Gasteiger partial charge in [-0.15, -0.1) is 0 Å². The van der Waals surface area contributed by atoms with Gasteiger partial charge in [0.05, 0.1) is 0 Å². The maximum Gasteiger partial charge on any atom is 0.232 e. The highest BCUT2D eigenvalue weighted by Gasteiger charge is 2.38. The van der Waals surface area contributed by atoms with E-state index < -0.39 is 0 Å². The smallest absolute Gasteiger partial charge is 0.232 e. The molecule has 0 atom stereocenters. The van der Waals surface area contributed by atoms with E-state index in [-0.39, 0.29) is 11.3 Å². The number of benzene rings is 1. The van der Waals surface area contributed by atoms with Crippen LogP contribution in [0.2, 0.25) is 0 Å². The first-order chi connectivity index (χ1) is 8.94. The molecule has 102 valence electrons. The molecule has 19 heavy (non-hydrogen) atoms. The number of rotatable bonds is 3. The summed E-state index contributed by atoms with van der Waals surface area (Å²) in [6.07, 6.45) is 4.27. The Hall–Kier alpha value is -1.42. The molecule has 2 rings (SSSR count). The van der Waals surface area contributed by atoms with E-state index in [1.807, 2.05) is 31.3 Å². The van der Waals surface area contributed by atoms with Crippen LogP contribution in [0.5, 0.6) is 0 Å². The maximum absolute atomic E-state index is 12.6. The van der Waals surface area contributed by atoms with Crippen molar-refractivity contribution in [1.29, 1.82) is 0 Å². The van der Waals surface area contributed by atoms with Crippen molar-refractivity contribution < 1.29 is 4.79 Å². The minimum atomic E-state index is -0.198. The van der Waals surface area contributed by atoms with Crippen molar-refractivity contribution in [1.82, 2.24) is 0 Å². The fraction of sp³-hybridized carbons (Fsp3) is 0.467. The van der Waals surface area contributed by atoms with Crippen LogP contribution < -0.4 is 10.6 Å². The number of amides is 1. The van der Waals surface area contributed by atoms with Crippen LogP contribution in [0.25, 0.3) is 0 Å². The van der Waals surface area contributed by atoms with Crippen molar-refractivity contribution in [2.45, 2.75) is 32.6 Å². The number of nitrogens with two attached hydrogens (primary N) is 1. The first-order valence-electron chi connectivity index (χ1n) is 6.62. The van der Waals surface area contributed by atoms with Gasteiger partial charge < -0.3 is 10.6 Å². The molecule has 4 heteroatoms. The van der Waals surface area contributed by atoms with Crippen molar-refractivity contribution in [3.8, 4) is 0 Å². The molecule has 1 aromatic carbocycles. The predicted molar refractivity (Wildman–Crippen MR) is 82.3 cm³/mol. The molecular weight excluding hydrogens is 256 g/mol. The Morgan fingerprint density at radius 3 is 2.26 bits per heavy atom. The van der Waals surface area contributed by atoms with Gasteiger partial charge in [0.1, 0.15) is 4.99 Å². The molecule has 0 aliphatic heterocycles. The summed E-state index contributed by atoms with van der Waals surface area (Å²) in [7, 11) is 1.83. The van der Waals surface area contributed by atoms with Crippen LogP contribution in [0.4, 0.5) is 5.69 Å². The molecule has 1 aliphatic carbocycles. The maximum atomic E-state index is 12.6. The Morgan fingerprint density at radius 2 is 1.79 bits per heavy atom. The molecule has 1 aliphatic rings. The Labute approximate surface area is 119 Å². The fourth-order valence-electron chi connectivity index (χ4n) is 2.74. The lowest BCUT2D eigenvalue weighted by Gasteiger charge is -2.29. The van der Waals surface area contributed by atoms with Crippen LogP contribution in [-0.4, -0.2) is 17.9 Å². The lowest BCUT2D eigenvalue weighted by molar-refractivity contribution is -0.126. The summed E-state index contributed by atoms with van der Waals surface area (Å²) in [5.41, 5.74) is 7.09. The average Bonchev–Trinajstić information content (AvgIpc) is 2.85. The first kappa shape index (κ1) is 14.0. The van der Waals surface area contributed by atoms with Gasteiger partial charge in [-0.25, -0.2) is 0 Å². The molecule has 1 aromatic rings. The minimum absolute atomic E-state index is 0.198. The largest absolute Gasteiger partial charge is 0.389 e. The lowest BCUT2D eigenvalue weighted by atomic mass is 9.87. The van der Waals surface area contributed by atoms with E-state index in [9.17, 15) is 4.79 Å². The van der Waals surface area contributed by atoms with Crippen LogP contribution in [0, 0.1) is 5.41 Å². The third-order valence-electron chi connectivity index (χ3n) is 4.07. The fourth-order valence-corrected chi connectivity index (χ4v) is 2.88. The van der Waals surface area contributed by atoms with E-state index in [0.29, 0.717) is 4.99 Å². The van der Waals surface area contributed by atoms with E-state index in [1.165, 1.54) is 0 Å². The predicted octanol–water partition coefficient (Wildman–Crippen LogP) is 2.86. The summed E-state index contributed by atoms with van der Waals surface area (Å²) in [6.45, 7) is 2.07. The molecule has 0 radical (unpaired) electrons. The van der Waals surface area contributed by atoms with Gasteiger partial charge in [0.2, 0.25) is 5.91 Å². The number of anilines is 1. The number of hydrogen-bond acceptors (Lipinski definition) is 2. The number of thiocarbonyl (C=S) groups is 1. The van der Waals surface area contributed by atoms with Gasteiger partial charge in [0, 0.05) is 23.7 Å². The summed E-state index contributed by atoms with van der Waals surface area (Å²) in [5.74, 6) is 0.202. The van der Waals surface area contributed by atoms with Gasteiger partial charge in [-0.05, 0) is 37.1 Å². The zero-order valence-electron chi connectivity index (χ0n) is 11.5. The third-order valence-corrected chi connectivity index (χ3v) is 4.30. The minimum Gasteiger partial charge on any atom is -0.389 e.